The molecule has 2 aliphatic rings. The number of rotatable bonds is 6. The van der Waals surface area contributed by atoms with E-state index in [-0.39, 0.29) is 25.2 Å². The number of aromatic nitrogens is 4. The van der Waals surface area contributed by atoms with Crippen LogP contribution in [0, 0.1) is 11.8 Å². The van der Waals surface area contributed by atoms with Crippen LogP contribution in [0.3, 0.4) is 0 Å². The number of alkyl halides is 2. The van der Waals surface area contributed by atoms with Crippen LogP contribution in [0.15, 0.2) is 17.5 Å². The van der Waals surface area contributed by atoms with E-state index in [9.17, 15) is 13.6 Å². The van der Waals surface area contributed by atoms with Gasteiger partial charge in [-0.3, -0.25) is 9.79 Å². The Kier molecular flexibility index (Phi) is 6.79. The van der Waals surface area contributed by atoms with Crippen molar-refractivity contribution in [3.8, 4) is 0 Å². The lowest BCUT2D eigenvalue weighted by molar-refractivity contribution is -0.158. The number of aliphatic imine (C=N–C) groups is 1. The minimum atomic E-state index is -2.78. The third kappa shape index (κ3) is 4.48. The number of carbonyl (C=O) groups is 1. The van der Waals surface area contributed by atoms with Gasteiger partial charge in [0.25, 0.3) is 5.92 Å². The Labute approximate surface area is 204 Å². The smallest absolute Gasteiger partial charge is 0.256 e. The zero-order chi connectivity index (χ0) is 25.5. The van der Waals surface area contributed by atoms with Crippen molar-refractivity contribution in [2.75, 3.05) is 25.5 Å². The summed E-state index contributed by atoms with van der Waals surface area (Å²) in [7, 11) is 1.96. The topological polar surface area (TPSA) is 91.5 Å². The second-order valence-corrected chi connectivity index (χ2v) is 9.56. The number of hydrogen-bond acceptors (Lipinski definition) is 7. The molecule has 2 aromatic rings. The van der Waals surface area contributed by atoms with Gasteiger partial charge in [-0.1, -0.05) is 20.8 Å². The molecular formula is C24H34F2N8O. The second-order valence-electron chi connectivity index (χ2n) is 9.56. The monoisotopic (exact) mass is 488 g/mol. The highest BCUT2D eigenvalue weighted by Crippen LogP contribution is 2.38. The SMILES string of the molecule is CC[C@H](Nc1ncnc2c1nc(C1=CN(C)C(C)N=C1)n2CC)C(=O)N1C[C@@H](C)C(F)(F)[C@@H](C)C1. The number of fused-ring (bicyclic) bond motifs is 1. The summed E-state index contributed by atoms with van der Waals surface area (Å²) in [6.07, 6.45) is 5.78. The molecule has 0 spiro atoms. The third-order valence-corrected chi connectivity index (χ3v) is 7.10. The first-order chi connectivity index (χ1) is 16.6. The minimum Gasteiger partial charge on any atom is -0.359 e. The average Bonchev–Trinajstić information content (AvgIpc) is 3.21. The molecule has 0 bridgehead atoms. The van der Waals surface area contributed by atoms with Gasteiger partial charge in [-0.05, 0) is 20.3 Å². The highest BCUT2D eigenvalue weighted by atomic mass is 19.3. The summed E-state index contributed by atoms with van der Waals surface area (Å²) < 4.78 is 30.6. The molecule has 4 rings (SSSR count). The van der Waals surface area contributed by atoms with Gasteiger partial charge in [-0.25, -0.2) is 23.7 Å². The molecule has 0 saturated carbocycles. The molecule has 1 N–H and O–H groups in total. The molecule has 0 aliphatic carbocycles. The van der Waals surface area contributed by atoms with E-state index in [2.05, 4.69) is 20.3 Å². The van der Waals surface area contributed by atoms with Crippen LogP contribution >= 0.6 is 0 Å². The summed E-state index contributed by atoms with van der Waals surface area (Å²) >= 11 is 0. The number of piperidine rings is 1. The molecule has 4 heterocycles. The third-order valence-electron chi connectivity index (χ3n) is 7.10. The number of carbonyl (C=O) groups excluding carboxylic acids is 1. The molecule has 190 valence electrons. The number of nitrogens with one attached hydrogen (secondary N) is 1. The van der Waals surface area contributed by atoms with Gasteiger partial charge in [0.1, 0.15) is 24.4 Å². The maximum atomic E-state index is 14.3. The lowest BCUT2D eigenvalue weighted by atomic mass is 9.87. The van der Waals surface area contributed by atoms with Crippen LogP contribution in [0.25, 0.3) is 16.7 Å². The fraction of sp³-hybridized carbons (Fsp3) is 0.625. The average molecular weight is 489 g/mol. The van der Waals surface area contributed by atoms with Gasteiger partial charge < -0.3 is 19.7 Å². The predicted molar refractivity (Wildman–Crippen MR) is 132 cm³/mol. The molecule has 35 heavy (non-hydrogen) atoms. The molecule has 1 saturated heterocycles. The molecule has 1 fully saturated rings. The Morgan fingerprint density at radius 3 is 2.49 bits per heavy atom. The minimum absolute atomic E-state index is 0.0293. The number of nitrogens with zero attached hydrogens (tertiary/aromatic N) is 7. The van der Waals surface area contributed by atoms with E-state index in [1.54, 1.807) is 4.90 Å². The van der Waals surface area contributed by atoms with E-state index in [1.165, 1.54) is 20.2 Å². The number of amides is 1. The number of allylic oxidation sites excluding steroid dienone is 1. The Bertz CT molecular complexity index is 1150. The first-order valence-electron chi connectivity index (χ1n) is 12.2. The Balaban J connectivity index is 1.64. The van der Waals surface area contributed by atoms with Gasteiger partial charge in [0.05, 0.1) is 5.57 Å². The molecule has 0 radical (unpaired) electrons. The van der Waals surface area contributed by atoms with Crippen molar-refractivity contribution in [1.82, 2.24) is 29.3 Å². The highest BCUT2D eigenvalue weighted by Gasteiger charge is 2.48. The molecule has 4 atom stereocenters. The largest absolute Gasteiger partial charge is 0.359 e. The summed E-state index contributed by atoms with van der Waals surface area (Å²) in [5.74, 6) is -3.62. The van der Waals surface area contributed by atoms with Gasteiger partial charge in [-0.15, -0.1) is 0 Å². The van der Waals surface area contributed by atoms with Crippen molar-refractivity contribution < 1.29 is 13.6 Å². The molecular weight excluding hydrogens is 454 g/mol. The standard InChI is InChI=1S/C24H34F2N8O/c1-7-18(23(35)33-10-14(3)24(25,26)15(4)11-33)30-20-19-22(29-13-28-20)34(8-2)21(31-19)17-9-27-16(5)32(6)12-17/h9,12-16,18H,7-8,10-11H2,1-6H3,(H,28,29,30)/t14-,15+,16?,18-/m0/s1. The maximum absolute atomic E-state index is 14.3. The summed E-state index contributed by atoms with van der Waals surface area (Å²) in [5.41, 5.74) is 2.06. The lowest BCUT2D eigenvalue weighted by Gasteiger charge is -2.42. The zero-order valence-corrected chi connectivity index (χ0v) is 21.2. The van der Waals surface area contributed by atoms with Crippen molar-refractivity contribution in [3.05, 3.63) is 18.4 Å². The van der Waals surface area contributed by atoms with Crippen molar-refractivity contribution in [3.63, 3.8) is 0 Å². The van der Waals surface area contributed by atoms with Crippen LogP contribution in [0.2, 0.25) is 0 Å². The fourth-order valence-corrected chi connectivity index (χ4v) is 4.70. The summed E-state index contributed by atoms with van der Waals surface area (Å²) in [5, 5.41) is 3.23. The maximum Gasteiger partial charge on any atom is 0.256 e. The predicted octanol–water partition coefficient (Wildman–Crippen LogP) is 3.49. The molecule has 2 aliphatic heterocycles. The Morgan fingerprint density at radius 2 is 1.89 bits per heavy atom. The number of hydrogen-bond donors (Lipinski definition) is 1. The van der Waals surface area contributed by atoms with Crippen LogP contribution in [0.5, 0.6) is 0 Å². The van der Waals surface area contributed by atoms with Gasteiger partial charge >= 0.3 is 0 Å². The van der Waals surface area contributed by atoms with E-state index in [4.69, 9.17) is 4.98 Å². The van der Waals surface area contributed by atoms with Gasteiger partial charge in [0.15, 0.2) is 17.0 Å². The Hall–Kier alpha value is -3.11. The van der Waals surface area contributed by atoms with Crippen molar-refractivity contribution in [2.45, 2.75) is 65.7 Å². The lowest BCUT2D eigenvalue weighted by Crippen LogP contribution is -2.56. The van der Waals surface area contributed by atoms with E-state index in [0.717, 1.165) is 5.57 Å². The summed E-state index contributed by atoms with van der Waals surface area (Å²) in [4.78, 5) is 35.1. The van der Waals surface area contributed by atoms with Crippen LogP contribution in [-0.2, 0) is 11.3 Å². The van der Waals surface area contributed by atoms with Crippen molar-refractivity contribution in [1.29, 1.82) is 0 Å². The Morgan fingerprint density at radius 1 is 1.20 bits per heavy atom. The van der Waals surface area contributed by atoms with Gasteiger partial charge in [-0.2, -0.15) is 0 Å². The van der Waals surface area contributed by atoms with E-state index < -0.39 is 23.8 Å². The van der Waals surface area contributed by atoms with Crippen LogP contribution in [-0.4, -0.2) is 79.7 Å². The quantitative estimate of drug-likeness (QED) is 0.669. The molecule has 1 amide bonds. The van der Waals surface area contributed by atoms with Gasteiger partial charge in [0.2, 0.25) is 5.91 Å². The van der Waals surface area contributed by atoms with Gasteiger partial charge in [0, 0.05) is 50.9 Å². The van der Waals surface area contributed by atoms with Crippen LogP contribution in [0.1, 0.15) is 46.9 Å². The number of aryl methyl sites for hydroxylation is 1. The highest BCUT2D eigenvalue weighted by molar-refractivity contribution is 6.10. The number of likely N-dealkylation sites (tertiary alicyclic amines) is 1. The zero-order valence-electron chi connectivity index (χ0n) is 21.2. The molecule has 2 aromatic heterocycles. The van der Waals surface area contributed by atoms with E-state index in [1.807, 2.05) is 49.7 Å². The number of imidazole rings is 1. The van der Waals surface area contributed by atoms with Crippen molar-refractivity contribution >= 4 is 34.7 Å². The summed E-state index contributed by atoms with van der Waals surface area (Å²) in [6, 6.07) is -0.614. The van der Waals surface area contributed by atoms with Crippen LogP contribution < -0.4 is 5.32 Å². The first kappa shape index (κ1) is 25.0. The molecule has 1 unspecified atom stereocenters. The fourth-order valence-electron chi connectivity index (χ4n) is 4.70. The second kappa shape index (κ2) is 9.50. The van der Waals surface area contributed by atoms with E-state index in [0.29, 0.717) is 35.8 Å². The normalized spacial score (nSPS) is 25.0. The summed E-state index contributed by atoms with van der Waals surface area (Å²) in [6.45, 7) is 9.60. The van der Waals surface area contributed by atoms with Crippen molar-refractivity contribution in [2.24, 2.45) is 16.8 Å². The first-order valence-corrected chi connectivity index (χ1v) is 12.2. The molecule has 11 heteroatoms. The number of anilines is 1. The molecule has 0 aromatic carbocycles. The number of halogens is 2. The molecule has 9 nitrogen and oxygen atoms in total. The van der Waals surface area contributed by atoms with E-state index >= 15 is 0 Å². The van der Waals surface area contributed by atoms with Crippen LogP contribution in [0.4, 0.5) is 14.6 Å².